The lowest BCUT2D eigenvalue weighted by Gasteiger charge is -2.13. The summed E-state index contributed by atoms with van der Waals surface area (Å²) in [6, 6.07) is 5.77. The number of hydrogen-bond acceptors (Lipinski definition) is 1. The molecule has 0 aromatic heterocycles. The minimum atomic E-state index is -0.514. The van der Waals surface area contributed by atoms with Gasteiger partial charge in [0.15, 0.2) is 0 Å². The molecule has 0 aliphatic carbocycles. The molecule has 0 heterocycles. The Balaban J connectivity index is 2.73. The van der Waals surface area contributed by atoms with Crippen molar-refractivity contribution in [1.82, 2.24) is 5.32 Å². The van der Waals surface area contributed by atoms with Crippen molar-refractivity contribution >= 4 is 17.5 Å². The summed E-state index contributed by atoms with van der Waals surface area (Å²) in [5.74, 6) is -0.600. The number of hydrogen-bond donors (Lipinski definition) is 1. The van der Waals surface area contributed by atoms with E-state index in [1.807, 2.05) is 6.92 Å². The predicted octanol–water partition coefficient (Wildman–Crippen LogP) is 2.57. The van der Waals surface area contributed by atoms with Gasteiger partial charge in [-0.3, -0.25) is 4.79 Å². The Labute approximate surface area is 93.4 Å². The summed E-state index contributed by atoms with van der Waals surface area (Å²) in [6.45, 7) is 1.91. The highest BCUT2D eigenvalue weighted by Gasteiger charge is 2.13. The van der Waals surface area contributed by atoms with Crippen LogP contribution in [0.5, 0.6) is 0 Å². The van der Waals surface area contributed by atoms with Crippen molar-refractivity contribution in [3.8, 4) is 0 Å². The quantitative estimate of drug-likeness (QED) is 0.790. The van der Waals surface area contributed by atoms with Crippen LogP contribution in [0.4, 0.5) is 4.39 Å². The molecule has 0 saturated heterocycles. The van der Waals surface area contributed by atoms with Gasteiger partial charge in [0.2, 0.25) is 0 Å². The van der Waals surface area contributed by atoms with Gasteiger partial charge in [0.25, 0.3) is 5.91 Å². The average Bonchev–Trinajstić information content (AvgIpc) is 2.26. The van der Waals surface area contributed by atoms with E-state index in [0.717, 1.165) is 6.42 Å². The monoisotopic (exact) mass is 229 g/mol. The molecule has 15 heavy (non-hydrogen) atoms. The Kier molecular flexibility index (Phi) is 4.56. The Morgan fingerprint density at radius 1 is 1.53 bits per heavy atom. The third kappa shape index (κ3) is 3.20. The fourth-order valence-electron chi connectivity index (χ4n) is 1.16. The van der Waals surface area contributed by atoms with Gasteiger partial charge in [-0.25, -0.2) is 4.39 Å². The molecule has 1 atom stereocenters. The number of nitrogens with one attached hydrogen (secondary N) is 1. The van der Waals surface area contributed by atoms with Crippen molar-refractivity contribution in [2.75, 3.05) is 5.88 Å². The maximum Gasteiger partial charge on any atom is 0.254 e. The Bertz CT molecular complexity index is 339. The summed E-state index contributed by atoms with van der Waals surface area (Å²) in [5, 5.41) is 2.66. The lowest BCUT2D eigenvalue weighted by Crippen LogP contribution is -2.36. The highest BCUT2D eigenvalue weighted by molar-refractivity contribution is 6.18. The summed E-state index contributed by atoms with van der Waals surface area (Å²) in [7, 11) is 0. The molecule has 0 spiro atoms. The van der Waals surface area contributed by atoms with E-state index in [1.165, 1.54) is 12.1 Å². The minimum absolute atomic E-state index is 0.0565. The highest BCUT2D eigenvalue weighted by atomic mass is 35.5. The van der Waals surface area contributed by atoms with Gasteiger partial charge in [0.05, 0.1) is 5.56 Å². The molecule has 0 radical (unpaired) electrons. The van der Waals surface area contributed by atoms with Crippen LogP contribution in [-0.2, 0) is 0 Å². The lowest BCUT2D eigenvalue weighted by molar-refractivity contribution is 0.0935. The first-order valence-corrected chi connectivity index (χ1v) is 5.33. The van der Waals surface area contributed by atoms with Gasteiger partial charge in [0.1, 0.15) is 5.82 Å². The van der Waals surface area contributed by atoms with E-state index in [2.05, 4.69) is 5.32 Å². The average molecular weight is 230 g/mol. The molecule has 4 heteroatoms. The van der Waals surface area contributed by atoms with Crippen molar-refractivity contribution < 1.29 is 9.18 Å². The predicted molar refractivity (Wildman–Crippen MR) is 58.7 cm³/mol. The zero-order valence-electron chi connectivity index (χ0n) is 8.47. The Morgan fingerprint density at radius 3 is 2.73 bits per heavy atom. The van der Waals surface area contributed by atoms with Crippen molar-refractivity contribution in [2.24, 2.45) is 0 Å². The molecule has 0 aliphatic rings. The molecule has 82 valence electrons. The molecule has 1 aromatic carbocycles. The van der Waals surface area contributed by atoms with Crippen LogP contribution in [0.25, 0.3) is 0 Å². The number of rotatable bonds is 4. The second-order valence-electron chi connectivity index (χ2n) is 3.21. The zero-order chi connectivity index (χ0) is 11.3. The third-order valence-corrected chi connectivity index (χ3v) is 2.51. The van der Waals surface area contributed by atoms with Crippen LogP contribution in [0, 0.1) is 5.82 Å². The van der Waals surface area contributed by atoms with E-state index >= 15 is 0 Å². The highest BCUT2D eigenvalue weighted by Crippen LogP contribution is 2.07. The summed E-state index contributed by atoms with van der Waals surface area (Å²) >= 11 is 5.63. The van der Waals surface area contributed by atoms with Crippen molar-refractivity contribution in [2.45, 2.75) is 19.4 Å². The second-order valence-corrected chi connectivity index (χ2v) is 3.52. The number of halogens is 2. The fourth-order valence-corrected chi connectivity index (χ4v) is 1.45. The summed E-state index contributed by atoms with van der Waals surface area (Å²) in [5.41, 5.74) is 0.0565. The van der Waals surface area contributed by atoms with Crippen molar-refractivity contribution in [3.63, 3.8) is 0 Å². The maximum absolute atomic E-state index is 13.2. The molecule has 2 nitrogen and oxygen atoms in total. The number of alkyl halides is 1. The van der Waals surface area contributed by atoms with Crippen molar-refractivity contribution in [3.05, 3.63) is 35.6 Å². The molecule has 1 aromatic rings. The third-order valence-electron chi connectivity index (χ3n) is 2.13. The van der Waals surface area contributed by atoms with Crippen LogP contribution in [0.15, 0.2) is 24.3 Å². The maximum atomic E-state index is 13.2. The van der Waals surface area contributed by atoms with Gasteiger partial charge in [-0.1, -0.05) is 19.1 Å². The topological polar surface area (TPSA) is 29.1 Å². The number of carbonyl (C=O) groups is 1. The van der Waals surface area contributed by atoms with Crippen LogP contribution in [-0.4, -0.2) is 17.8 Å². The van der Waals surface area contributed by atoms with Crippen LogP contribution < -0.4 is 5.32 Å². The van der Waals surface area contributed by atoms with E-state index in [9.17, 15) is 9.18 Å². The molecular formula is C11H13ClFNO. The van der Waals surface area contributed by atoms with Gasteiger partial charge in [-0.05, 0) is 18.6 Å². The number of carbonyl (C=O) groups excluding carboxylic acids is 1. The molecule has 1 N–H and O–H groups in total. The first-order chi connectivity index (χ1) is 7.19. The van der Waals surface area contributed by atoms with Gasteiger partial charge >= 0.3 is 0 Å². The van der Waals surface area contributed by atoms with Gasteiger partial charge < -0.3 is 5.32 Å². The van der Waals surface area contributed by atoms with Crippen LogP contribution in [0.2, 0.25) is 0 Å². The van der Waals surface area contributed by atoms with Crippen LogP contribution in [0.3, 0.4) is 0 Å². The van der Waals surface area contributed by atoms with E-state index in [0.29, 0.717) is 5.88 Å². The molecule has 1 amide bonds. The minimum Gasteiger partial charge on any atom is -0.348 e. The van der Waals surface area contributed by atoms with Gasteiger partial charge in [0, 0.05) is 11.9 Å². The lowest BCUT2D eigenvalue weighted by atomic mass is 10.1. The number of amides is 1. The largest absolute Gasteiger partial charge is 0.348 e. The summed E-state index contributed by atoms with van der Waals surface area (Å²) < 4.78 is 13.2. The first-order valence-electron chi connectivity index (χ1n) is 4.80. The van der Waals surface area contributed by atoms with Crippen molar-refractivity contribution in [1.29, 1.82) is 0 Å². The fraction of sp³-hybridized carbons (Fsp3) is 0.364. The van der Waals surface area contributed by atoms with E-state index in [1.54, 1.807) is 12.1 Å². The molecule has 0 fully saturated rings. The SMILES string of the molecule is CCC(CCl)NC(=O)c1ccccc1F. The zero-order valence-corrected chi connectivity index (χ0v) is 9.22. The summed E-state index contributed by atoms with van der Waals surface area (Å²) in [6.07, 6.45) is 0.726. The van der Waals surface area contributed by atoms with Gasteiger partial charge in [-0.2, -0.15) is 0 Å². The molecule has 1 unspecified atom stereocenters. The summed E-state index contributed by atoms with van der Waals surface area (Å²) in [4.78, 5) is 11.6. The van der Waals surface area contributed by atoms with E-state index in [4.69, 9.17) is 11.6 Å². The van der Waals surface area contributed by atoms with Crippen LogP contribution in [0.1, 0.15) is 23.7 Å². The molecule has 0 bridgehead atoms. The standard InChI is InChI=1S/C11H13ClFNO/c1-2-8(7-12)14-11(15)9-5-3-4-6-10(9)13/h3-6,8H,2,7H2,1H3,(H,14,15). The Hall–Kier alpha value is -1.09. The van der Waals surface area contributed by atoms with Gasteiger partial charge in [-0.15, -0.1) is 11.6 Å². The second kappa shape index (κ2) is 5.71. The number of benzene rings is 1. The molecule has 0 saturated carbocycles. The Morgan fingerprint density at radius 2 is 2.20 bits per heavy atom. The molecular weight excluding hydrogens is 217 g/mol. The van der Waals surface area contributed by atoms with E-state index < -0.39 is 11.7 Å². The first kappa shape index (κ1) is 12.0. The molecule has 0 aliphatic heterocycles. The normalized spacial score (nSPS) is 12.2. The molecule has 1 rings (SSSR count). The van der Waals surface area contributed by atoms with E-state index in [-0.39, 0.29) is 11.6 Å². The van der Waals surface area contributed by atoms with Crippen LogP contribution >= 0.6 is 11.6 Å². The smallest absolute Gasteiger partial charge is 0.254 e.